The molecule has 0 heterocycles. The van der Waals surface area contributed by atoms with Gasteiger partial charge >= 0.3 is 0 Å². The minimum atomic E-state index is 0.844. The third kappa shape index (κ3) is 2.60. The molecular formula is C10H18P. The minimum Gasteiger partial charge on any atom is -0.0990 e. The molecule has 0 N–H and O–H groups in total. The van der Waals surface area contributed by atoms with Crippen LogP contribution in [-0.2, 0) is 0 Å². The maximum Gasteiger partial charge on any atom is -0.0288 e. The van der Waals surface area contributed by atoms with Crippen molar-refractivity contribution in [1.29, 1.82) is 0 Å². The number of hydrogen-bond acceptors (Lipinski definition) is 0. The van der Waals surface area contributed by atoms with E-state index in [-0.39, 0.29) is 0 Å². The average molecular weight is 169 g/mol. The first-order chi connectivity index (χ1) is 5.24. The van der Waals surface area contributed by atoms with Crippen molar-refractivity contribution in [3.63, 3.8) is 0 Å². The maximum atomic E-state index is 3.59. The zero-order valence-electron chi connectivity index (χ0n) is 7.56. The van der Waals surface area contributed by atoms with Crippen LogP contribution in [0.25, 0.3) is 0 Å². The van der Waals surface area contributed by atoms with Gasteiger partial charge in [-0.05, 0) is 44.2 Å². The summed E-state index contributed by atoms with van der Waals surface area (Å²) < 4.78 is 0. The van der Waals surface area contributed by atoms with E-state index < -0.39 is 0 Å². The Hall–Kier alpha value is 0.170. The van der Waals surface area contributed by atoms with Crippen molar-refractivity contribution in [2.75, 3.05) is 6.16 Å². The van der Waals surface area contributed by atoms with Crippen molar-refractivity contribution in [3.8, 4) is 0 Å². The predicted octanol–water partition coefficient (Wildman–Crippen LogP) is 3.51. The second kappa shape index (κ2) is 4.26. The monoisotopic (exact) mass is 169 g/mol. The Morgan fingerprint density at radius 3 is 2.91 bits per heavy atom. The normalized spacial score (nSPS) is 27.9. The summed E-state index contributed by atoms with van der Waals surface area (Å²) in [5, 5.41) is 0. The molecule has 63 valence electrons. The summed E-state index contributed by atoms with van der Waals surface area (Å²) in [5.41, 5.74) is 1.59. The van der Waals surface area contributed by atoms with Gasteiger partial charge in [-0.15, -0.1) is 0 Å². The lowest BCUT2D eigenvalue weighted by molar-refractivity contribution is 0.355. The molecule has 0 amide bonds. The summed E-state index contributed by atoms with van der Waals surface area (Å²) in [4.78, 5) is 0. The molecule has 1 aliphatic carbocycles. The van der Waals surface area contributed by atoms with Gasteiger partial charge in [0, 0.05) is 0 Å². The van der Waals surface area contributed by atoms with E-state index in [9.17, 15) is 0 Å². The lowest BCUT2D eigenvalue weighted by atomic mass is 9.83. The van der Waals surface area contributed by atoms with Crippen molar-refractivity contribution >= 4 is 9.24 Å². The largest absolute Gasteiger partial charge is 0.0990 e. The van der Waals surface area contributed by atoms with E-state index in [4.69, 9.17) is 0 Å². The van der Waals surface area contributed by atoms with E-state index in [0.717, 1.165) is 18.0 Å². The van der Waals surface area contributed by atoms with E-state index >= 15 is 0 Å². The Balaban J connectivity index is 2.40. The molecular weight excluding hydrogens is 151 g/mol. The van der Waals surface area contributed by atoms with Gasteiger partial charge < -0.3 is 0 Å². The van der Waals surface area contributed by atoms with Crippen LogP contribution in [0.1, 0.15) is 33.1 Å². The van der Waals surface area contributed by atoms with Gasteiger partial charge in [0.1, 0.15) is 0 Å². The van der Waals surface area contributed by atoms with Gasteiger partial charge in [-0.1, -0.05) is 27.8 Å². The first kappa shape index (κ1) is 9.26. The lowest BCUT2D eigenvalue weighted by Crippen LogP contribution is -2.15. The molecule has 0 fully saturated rings. The Labute approximate surface area is 72.7 Å². The van der Waals surface area contributed by atoms with Crippen molar-refractivity contribution < 1.29 is 0 Å². The molecule has 0 bridgehead atoms. The van der Waals surface area contributed by atoms with Crippen LogP contribution in [0.4, 0.5) is 0 Å². The summed E-state index contributed by atoms with van der Waals surface area (Å²) in [5.74, 6) is 1.77. The molecule has 0 saturated heterocycles. The molecule has 1 rings (SSSR count). The highest BCUT2D eigenvalue weighted by atomic mass is 31.0. The molecule has 2 atom stereocenters. The molecule has 0 nitrogen and oxygen atoms in total. The highest BCUT2D eigenvalue weighted by Gasteiger charge is 2.17. The molecule has 11 heavy (non-hydrogen) atoms. The summed E-state index contributed by atoms with van der Waals surface area (Å²) >= 11 is 0. The maximum absolute atomic E-state index is 3.59. The van der Waals surface area contributed by atoms with Crippen LogP contribution in [0, 0.1) is 11.8 Å². The fourth-order valence-electron chi connectivity index (χ4n) is 1.67. The number of rotatable bonds is 2. The minimum absolute atomic E-state index is 0.844. The summed E-state index contributed by atoms with van der Waals surface area (Å²) in [6, 6.07) is 0. The topological polar surface area (TPSA) is 0 Å². The molecule has 0 aromatic rings. The SMILES string of the molecule is CC1=CC[C@@H]([C@@H](C)C[PH])CC1. The second-order valence-electron chi connectivity index (χ2n) is 3.77. The predicted molar refractivity (Wildman–Crippen MR) is 53.4 cm³/mol. The van der Waals surface area contributed by atoms with Gasteiger partial charge in [-0.2, -0.15) is 0 Å². The van der Waals surface area contributed by atoms with E-state index in [1.807, 2.05) is 0 Å². The number of hydrogen-bond donors (Lipinski definition) is 0. The fraction of sp³-hybridized carbons (Fsp3) is 0.800. The molecule has 0 aromatic heterocycles. The lowest BCUT2D eigenvalue weighted by Gasteiger charge is -2.25. The van der Waals surface area contributed by atoms with Gasteiger partial charge in [0.2, 0.25) is 0 Å². The highest BCUT2D eigenvalue weighted by Crippen LogP contribution is 2.29. The van der Waals surface area contributed by atoms with E-state index in [1.54, 1.807) is 5.57 Å². The van der Waals surface area contributed by atoms with Gasteiger partial charge in [-0.25, -0.2) is 0 Å². The first-order valence-electron chi connectivity index (χ1n) is 4.54. The first-order valence-corrected chi connectivity index (χ1v) is 5.25. The molecule has 0 aliphatic heterocycles. The number of allylic oxidation sites excluding steroid dienone is 2. The smallest absolute Gasteiger partial charge is 0.0288 e. The van der Waals surface area contributed by atoms with Gasteiger partial charge in [0.05, 0.1) is 0 Å². The van der Waals surface area contributed by atoms with Crippen LogP contribution in [-0.4, -0.2) is 6.16 Å². The zero-order valence-corrected chi connectivity index (χ0v) is 8.56. The quantitative estimate of drug-likeness (QED) is 0.438. The van der Waals surface area contributed by atoms with Crippen LogP contribution < -0.4 is 0 Å². The van der Waals surface area contributed by atoms with Crippen molar-refractivity contribution in [1.82, 2.24) is 0 Å². The highest BCUT2D eigenvalue weighted by molar-refractivity contribution is 7.16. The third-order valence-corrected chi connectivity index (χ3v) is 3.45. The summed E-state index contributed by atoms with van der Waals surface area (Å²) in [7, 11) is 3.59. The fourth-order valence-corrected chi connectivity index (χ4v) is 2.00. The molecule has 0 spiro atoms. The molecule has 1 radical (unpaired) electrons. The molecule has 0 unspecified atom stereocenters. The van der Waals surface area contributed by atoms with Crippen LogP contribution >= 0.6 is 9.24 Å². The van der Waals surface area contributed by atoms with Crippen molar-refractivity contribution in [2.45, 2.75) is 33.1 Å². The van der Waals surface area contributed by atoms with Crippen molar-refractivity contribution in [3.05, 3.63) is 11.6 Å². The van der Waals surface area contributed by atoms with Crippen LogP contribution in [0.5, 0.6) is 0 Å². The Bertz CT molecular complexity index is 149. The zero-order chi connectivity index (χ0) is 8.27. The second-order valence-corrected chi connectivity index (χ2v) is 4.17. The van der Waals surface area contributed by atoms with E-state index in [0.29, 0.717) is 0 Å². The average Bonchev–Trinajstić information content (AvgIpc) is 2.05. The van der Waals surface area contributed by atoms with Gasteiger partial charge in [-0.3, -0.25) is 0 Å². The summed E-state index contributed by atoms with van der Waals surface area (Å²) in [6.07, 6.45) is 7.58. The third-order valence-electron chi connectivity index (χ3n) is 2.81. The Morgan fingerprint density at radius 2 is 2.45 bits per heavy atom. The Morgan fingerprint density at radius 1 is 1.73 bits per heavy atom. The van der Waals surface area contributed by atoms with E-state index in [1.165, 1.54) is 19.3 Å². The van der Waals surface area contributed by atoms with Gasteiger partial charge in [0.25, 0.3) is 0 Å². The molecule has 1 heteroatoms. The van der Waals surface area contributed by atoms with Crippen molar-refractivity contribution in [2.24, 2.45) is 11.8 Å². The standard InChI is InChI=1S/C10H18P/c1-8-3-5-10(6-4-8)9(2)7-11/h3,9-11H,4-7H2,1-2H3/t9-,10+/m0/s1. The molecule has 0 aromatic carbocycles. The Kier molecular flexibility index (Phi) is 3.59. The summed E-state index contributed by atoms with van der Waals surface area (Å²) in [6.45, 7) is 4.58. The van der Waals surface area contributed by atoms with Crippen LogP contribution in [0.3, 0.4) is 0 Å². The van der Waals surface area contributed by atoms with Crippen LogP contribution in [0.2, 0.25) is 0 Å². The van der Waals surface area contributed by atoms with Crippen LogP contribution in [0.15, 0.2) is 11.6 Å². The molecule has 1 aliphatic rings. The molecule has 0 saturated carbocycles. The van der Waals surface area contributed by atoms with Gasteiger partial charge in [0.15, 0.2) is 0 Å². The van der Waals surface area contributed by atoms with E-state index in [2.05, 4.69) is 29.2 Å².